The summed E-state index contributed by atoms with van der Waals surface area (Å²) in [6.07, 6.45) is 7.15. The lowest BCUT2D eigenvalue weighted by molar-refractivity contribution is -0.141. The van der Waals surface area contributed by atoms with Crippen molar-refractivity contribution in [3.63, 3.8) is 0 Å². The fourth-order valence-electron chi connectivity index (χ4n) is 5.66. The molecule has 3 aromatic rings. The van der Waals surface area contributed by atoms with Crippen LogP contribution in [0.25, 0.3) is 10.9 Å². The number of amides is 1. The molecule has 3 heterocycles. The number of pyridine rings is 1. The number of ether oxygens (including phenoxy) is 1. The van der Waals surface area contributed by atoms with Gasteiger partial charge in [-0.1, -0.05) is 30.3 Å². The second kappa shape index (κ2) is 9.60. The molecule has 1 aromatic heterocycles. The van der Waals surface area contributed by atoms with Crippen molar-refractivity contribution in [1.29, 1.82) is 0 Å². The van der Waals surface area contributed by atoms with Gasteiger partial charge in [-0.25, -0.2) is 4.39 Å². The lowest BCUT2D eigenvalue weighted by Gasteiger charge is -2.40. The number of hydrogen-bond donors (Lipinski definition) is 0. The van der Waals surface area contributed by atoms with Crippen molar-refractivity contribution in [3.8, 4) is 0 Å². The summed E-state index contributed by atoms with van der Waals surface area (Å²) in [6, 6.07) is 17.1. The smallest absolute Gasteiger partial charge is 0.233 e. The number of benzene rings is 2. The molecule has 5 heteroatoms. The highest BCUT2D eigenvalue weighted by atomic mass is 19.1. The van der Waals surface area contributed by atoms with Crippen molar-refractivity contribution in [3.05, 3.63) is 77.7 Å². The molecule has 5 rings (SSSR count). The first-order valence-electron chi connectivity index (χ1n) is 12.1. The van der Waals surface area contributed by atoms with Gasteiger partial charge >= 0.3 is 0 Å². The third kappa shape index (κ3) is 4.51. The molecule has 2 aliphatic heterocycles. The molecule has 1 atom stereocenters. The quantitative estimate of drug-likeness (QED) is 0.547. The topological polar surface area (TPSA) is 42.4 Å². The van der Waals surface area contributed by atoms with Gasteiger partial charge in [-0.3, -0.25) is 9.78 Å². The van der Waals surface area contributed by atoms with Crippen LogP contribution in [0.1, 0.15) is 43.2 Å². The maximum atomic E-state index is 14.1. The van der Waals surface area contributed by atoms with Gasteiger partial charge < -0.3 is 9.64 Å². The average Bonchev–Trinajstić information content (AvgIpc) is 3.10. The highest BCUT2D eigenvalue weighted by Crippen LogP contribution is 2.38. The number of carbonyl (C=O) groups excluding carboxylic acids is 1. The minimum atomic E-state index is -0.679. The molecule has 2 fully saturated rings. The van der Waals surface area contributed by atoms with E-state index in [2.05, 4.69) is 29.2 Å². The third-order valence-electron chi connectivity index (χ3n) is 7.51. The molecule has 0 spiro atoms. The SMILES string of the molecule is O=C(N1CCC[C@H](Cc2cccc3ncccc23)CC1)C1(c2cccc(F)c2)CCOCC1. The average molecular weight is 447 g/mol. The minimum Gasteiger partial charge on any atom is -0.381 e. The standard InChI is InChI=1S/C28H31FN2O2/c29-24-8-2-7-23(20-24)28(12-17-33-18-13-28)27(32)31-15-4-5-21(11-16-31)19-22-6-1-10-26-25(22)9-3-14-30-26/h1-3,6-10,14,20-21H,4-5,11-13,15-19H2/t21-/m0/s1. The Hall–Kier alpha value is -2.79. The Morgan fingerprint density at radius 1 is 1.06 bits per heavy atom. The van der Waals surface area contributed by atoms with E-state index in [0.717, 1.165) is 49.9 Å². The zero-order valence-electron chi connectivity index (χ0n) is 19.0. The second-order valence-electron chi connectivity index (χ2n) is 9.49. The van der Waals surface area contributed by atoms with Crippen molar-refractivity contribution in [2.24, 2.45) is 5.92 Å². The first kappa shape index (κ1) is 22.0. The summed E-state index contributed by atoms with van der Waals surface area (Å²) in [5, 5.41) is 1.23. The minimum absolute atomic E-state index is 0.145. The van der Waals surface area contributed by atoms with E-state index in [4.69, 9.17) is 4.74 Å². The van der Waals surface area contributed by atoms with Gasteiger partial charge in [-0.15, -0.1) is 0 Å². The molecule has 0 radical (unpaired) electrons. The Labute approximate surface area is 194 Å². The van der Waals surface area contributed by atoms with Gasteiger partial charge in [0.25, 0.3) is 0 Å². The molecule has 1 amide bonds. The van der Waals surface area contributed by atoms with Crippen LogP contribution in [0.3, 0.4) is 0 Å². The fourth-order valence-corrected chi connectivity index (χ4v) is 5.66. The zero-order valence-corrected chi connectivity index (χ0v) is 19.0. The number of rotatable bonds is 4. The van der Waals surface area contributed by atoms with E-state index in [1.165, 1.54) is 17.0 Å². The van der Waals surface area contributed by atoms with Crippen LogP contribution in [0.2, 0.25) is 0 Å². The zero-order chi connectivity index (χ0) is 22.7. The van der Waals surface area contributed by atoms with Crippen LogP contribution in [-0.4, -0.2) is 42.1 Å². The van der Waals surface area contributed by atoms with E-state index in [1.54, 1.807) is 12.1 Å². The summed E-state index contributed by atoms with van der Waals surface area (Å²) in [7, 11) is 0. The van der Waals surface area contributed by atoms with Gasteiger partial charge in [0.05, 0.1) is 10.9 Å². The van der Waals surface area contributed by atoms with Crippen LogP contribution < -0.4 is 0 Å². The molecule has 0 N–H and O–H groups in total. The summed E-state index contributed by atoms with van der Waals surface area (Å²) < 4.78 is 19.7. The molecule has 0 bridgehead atoms. The van der Waals surface area contributed by atoms with Gasteiger partial charge in [0.1, 0.15) is 5.82 Å². The molecule has 0 aliphatic carbocycles. The van der Waals surface area contributed by atoms with Gasteiger partial charge in [0.2, 0.25) is 5.91 Å². The van der Waals surface area contributed by atoms with E-state index in [0.29, 0.717) is 32.0 Å². The second-order valence-corrected chi connectivity index (χ2v) is 9.49. The number of aromatic nitrogens is 1. The highest BCUT2D eigenvalue weighted by Gasteiger charge is 2.44. The van der Waals surface area contributed by atoms with E-state index in [-0.39, 0.29) is 11.7 Å². The lowest BCUT2D eigenvalue weighted by atomic mass is 9.73. The van der Waals surface area contributed by atoms with Crippen LogP contribution in [0, 0.1) is 11.7 Å². The Bertz CT molecular complexity index is 1120. The molecule has 2 aliphatic rings. The number of likely N-dealkylation sites (tertiary alicyclic amines) is 1. The van der Waals surface area contributed by atoms with Crippen molar-refractivity contribution >= 4 is 16.8 Å². The van der Waals surface area contributed by atoms with Crippen molar-refractivity contribution in [1.82, 2.24) is 9.88 Å². The molecule has 0 saturated carbocycles. The van der Waals surface area contributed by atoms with Crippen molar-refractivity contribution in [2.75, 3.05) is 26.3 Å². The predicted octanol–water partition coefficient (Wildman–Crippen LogP) is 5.29. The predicted molar refractivity (Wildman–Crippen MR) is 127 cm³/mol. The largest absolute Gasteiger partial charge is 0.381 e. The van der Waals surface area contributed by atoms with E-state index in [1.807, 2.05) is 23.2 Å². The van der Waals surface area contributed by atoms with Crippen LogP contribution in [0.15, 0.2) is 60.8 Å². The van der Waals surface area contributed by atoms with Gasteiger partial charge in [0.15, 0.2) is 0 Å². The van der Waals surface area contributed by atoms with Crippen molar-refractivity contribution in [2.45, 2.75) is 43.9 Å². The van der Waals surface area contributed by atoms with Crippen LogP contribution in [-0.2, 0) is 21.4 Å². The normalized spacial score (nSPS) is 21.0. The number of halogens is 1. The van der Waals surface area contributed by atoms with Gasteiger partial charge in [0, 0.05) is 37.9 Å². The lowest BCUT2D eigenvalue weighted by Crippen LogP contribution is -2.50. The van der Waals surface area contributed by atoms with Crippen LogP contribution in [0.4, 0.5) is 4.39 Å². The van der Waals surface area contributed by atoms with Gasteiger partial charge in [-0.2, -0.15) is 0 Å². The van der Waals surface area contributed by atoms with E-state index >= 15 is 0 Å². The maximum Gasteiger partial charge on any atom is 0.233 e. The summed E-state index contributed by atoms with van der Waals surface area (Å²) >= 11 is 0. The highest BCUT2D eigenvalue weighted by molar-refractivity contribution is 5.88. The summed E-state index contributed by atoms with van der Waals surface area (Å²) in [4.78, 5) is 20.5. The Morgan fingerprint density at radius 2 is 1.91 bits per heavy atom. The molecule has 172 valence electrons. The summed E-state index contributed by atoms with van der Waals surface area (Å²) in [5.74, 6) is 0.395. The molecular weight excluding hydrogens is 415 g/mol. The molecule has 0 unspecified atom stereocenters. The number of nitrogens with zero attached hydrogens (tertiary/aromatic N) is 2. The number of hydrogen-bond acceptors (Lipinski definition) is 3. The number of carbonyl (C=O) groups is 1. The molecule has 2 saturated heterocycles. The monoisotopic (exact) mass is 446 g/mol. The Morgan fingerprint density at radius 3 is 2.76 bits per heavy atom. The first-order valence-corrected chi connectivity index (χ1v) is 12.1. The van der Waals surface area contributed by atoms with Crippen LogP contribution >= 0.6 is 0 Å². The summed E-state index contributed by atoms with van der Waals surface area (Å²) in [6.45, 7) is 2.59. The third-order valence-corrected chi connectivity index (χ3v) is 7.51. The van der Waals surface area contributed by atoms with E-state index in [9.17, 15) is 9.18 Å². The Kier molecular flexibility index (Phi) is 6.41. The Balaban J connectivity index is 1.33. The molecule has 33 heavy (non-hydrogen) atoms. The maximum absolute atomic E-state index is 14.1. The molecular formula is C28H31FN2O2. The number of fused-ring (bicyclic) bond motifs is 1. The van der Waals surface area contributed by atoms with Crippen LogP contribution in [0.5, 0.6) is 0 Å². The molecule has 2 aromatic carbocycles. The first-order chi connectivity index (χ1) is 16.2. The van der Waals surface area contributed by atoms with E-state index < -0.39 is 5.41 Å². The van der Waals surface area contributed by atoms with Crippen molar-refractivity contribution < 1.29 is 13.9 Å². The summed E-state index contributed by atoms with van der Waals surface area (Å²) in [5.41, 5.74) is 2.49. The molecule has 4 nitrogen and oxygen atoms in total. The fraction of sp³-hybridized carbons (Fsp3) is 0.429. The van der Waals surface area contributed by atoms with Gasteiger partial charge in [-0.05, 0) is 79.8 Å².